The van der Waals surface area contributed by atoms with Gasteiger partial charge in [-0.05, 0) is 28.4 Å². The van der Waals surface area contributed by atoms with E-state index in [1.807, 2.05) is 6.07 Å². The molecule has 5 heteroatoms. The van der Waals surface area contributed by atoms with Crippen LogP contribution in [0.2, 0.25) is 5.02 Å². The molecule has 1 saturated heterocycles. The van der Waals surface area contributed by atoms with Crippen molar-refractivity contribution in [2.75, 3.05) is 13.2 Å². The summed E-state index contributed by atoms with van der Waals surface area (Å²) in [5, 5.41) is 0.779. The zero-order valence-corrected chi connectivity index (χ0v) is 11.2. The maximum atomic E-state index is 6.35. The molecule has 0 aliphatic carbocycles. The lowest BCUT2D eigenvalue weighted by Gasteiger charge is -2.12. The van der Waals surface area contributed by atoms with E-state index in [0.717, 1.165) is 33.3 Å². The normalized spacial score (nSPS) is 24.1. The molecule has 1 aliphatic heterocycles. The number of rotatable bonds is 2. The summed E-state index contributed by atoms with van der Waals surface area (Å²) in [6, 6.07) is 1.94. The Hall–Kier alpha value is 0.720. The highest BCUT2D eigenvalue weighted by molar-refractivity contribution is 9.11. The molecule has 1 aliphatic rings. The van der Waals surface area contributed by atoms with E-state index in [2.05, 4.69) is 15.9 Å². The highest BCUT2D eigenvalue weighted by atomic mass is 79.9. The molecular formula is C9H9BrCl2OS. The zero-order valence-electron chi connectivity index (χ0n) is 7.30. The van der Waals surface area contributed by atoms with E-state index >= 15 is 0 Å². The average Bonchev–Trinajstić information content (AvgIpc) is 2.76. The molecule has 14 heavy (non-hydrogen) atoms. The molecule has 2 atom stereocenters. The SMILES string of the molecule is Clc1cc(C(Cl)C2CCOC2)sc1Br. The van der Waals surface area contributed by atoms with Gasteiger partial charge < -0.3 is 4.74 Å². The van der Waals surface area contributed by atoms with Crippen molar-refractivity contribution in [3.8, 4) is 0 Å². The van der Waals surface area contributed by atoms with Crippen LogP contribution >= 0.6 is 50.5 Å². The first-order valence-corrected chi connectivity index (χ1v) is 6.77. The quantitative estimate of drug-likeness (QED) is 0.731. The van der Waals surface area contributed by atoms with Crippen LogP contribution in [0.4, 0.5) is 0 Å². The van der Waals surface area contributed by atoms with E-state index in [-0.39, 0.29) is 5.38 Å². The first kappa shape index (κ1) is 11.2. The number of halogens is 3. The molecular weight excluding hydrogens is 307 g/mol. The molecule has 0 radical (unpaired) electrons. The smallest absolute Gasteiger partial charge is 0.0887 e. The zero-order chi connectivity index (χ0) is 10.1. The molecule has 1 nitrogen and oxygen atoms in total. The minimum atomic E-state index is 0.0336. The Bertz CT molecular complexity index is 303. The summed E-state index contributed by atoms with van der Waals surface area (Å²) in [5.74, 6) is 0.429. The molecule has 0 bridgehead atoms. The molecule has 2 rings (SSSR count). The summed E-state index contributed by atoms with van der Waals surface area (Å²) in [5.41, 5.74) is 0. The van der Waals surface area contributed by atoms with Crippen LogP contribution in [0.15, 0.2) is 9.85 Å². The number of ether oxygens (including phenoxy) is 1. The van der Waals surface area contributed by atoms with Crippen LogP contribution in [0.25, 0.3) is 0 Å². The minimum absolute atomic E-state index is 0.0336. The van der Waals surface area contributed by atoms with Crippen LogP contribution in [-0.4, -0.2) is 13.2 Å². The summed E-state index contributed by atoms with van der Waals surface area (Å²) in [6.07, 6.45) is 1.04. The van der Waals surface area contributed by atoms with Crippen molar-refractivity contribution in [2.45, 2.75) is 11.8 Å². The van der Waals surface area contributed by atoms with E-state index in [1.165, 1.54) is 0 Å². The molecule has 1 aromatic rings. The minimum Gasteiger partial charge on any atom is -0.381 e. The summed E-state index contributed by atoms with van der Waals surface area (Å²) in [7, 11) is 0. The van der Waals surface area contributed by atoms with E-state index in [1.54, 1.807) is 11.3 Å². The molecule has 78 valence electrons. The van der Waals surface area contributed by atoms with Crippen molar-refractivity contribution < 1.29 is 4.74 Å². The van der Waals surface area contributed by atoms with E-state index in [0.29, 0.717) is 5.92 Å². The fraction of sp³-hybridized carbons (Fsp3) is 0.556. The van der Waals surface area contributed by atoms with Crippen molar-refractivity contribution in [1.29, 1.82) is 0 Å². The Morgan fingerprint density at radius 3 is 2.93 bits per heavy atom. The highest BCUT2D eigenvalue weighted by Crippen LogP contribution is 2.42. The van der Waals surface area contributed by atoms with Gasteiger partial charge in [0.15, 0.2) is 0 Å². The molecule has 1 aromatic heterocycles. The molecule has 1 fully saturated rings. The van der Waals surface area contributed by atoms with Crippen molar-refractivity contribution in [3.63, 3.8) is 0 Å². The monoisotopic (exact) mass is 314 g/mol. The number of hydrogen-bond donors (Lipinski definition) is 0. The van der Waals surface area contributed by atoms with Gasteiger partial charge in [-0.25, -0.2) is 0 Å². The second kappa shape index (κ2) is 4.71. The Morgan fingerprint density at radius 1 is 1.64 bits per heavy atom. The summed E-state index contributed by atoms with van der Waals surface area (Å²) in [6.45, 7) is 1.59. The van der Waals surface area contributed by atoms with Gasteiger partial charge in [0.1, 0.15) is 0 Å². The standard InChI is InChI=1S/C9H9BrCl2OS/c10-9-6(11)3-7(14-9)8(12)5-1-2-13-4-5/h3,5,8H,1-2,4H2. The summed E-state index contributed by atoms with van der Waals surface area (Å²) < 4.78 is 6.27. The van der Waals surface area contributed by atoms with E-state index in [9.17, 15) is 0 Å². The third kappa shape index (κ3) is 2.27. The first-order valence-electron chi connectivity index (χ1n) is 4.35. The van der Waals surface area contributed by atoms with Crippen LogP contribution < -0.4 is 0 Å². The van der Waals surface area contributed by atoms with Gasteiger partial charge in [0.2, 0.25) is 0 Å². The van der Waals surface area contributed by atoms with Gasteiger partial charge in [-0.1, -0.05) is 11.6 Å². The first-order chi connectivity index (χ1) is 6.68. The predicted molar refractivity (Wildman–Crippen MR) is 64.5 cm³/mol. The summed E-state index contributed by atoms with van der Waals surface area (Å²) in [4.78, 5) is 1.12. The second-order valence-electron chi connectivity index (χ2n) is 3.30. The second-order valence-corrected chi connectivity index (χ2v) is 6.57. The number of thiophene rings is 1. The van der Waals surface area contributed by atoms with Gasteiger partial charge in [0.25, 0.3) is 0 Å². The topological polar surface area (TPSA) is 9.23 Å². The summed E-state index contributed by atoms with van der Waals surface area (Å²) >= 11 is 17.3. The third-order valence-corrected chi connectivity index (χ3v) is 5.59. The van der Waals surface area contributed by atoms with Crippen LogP contribution in [0.3, 0.4) is 0 Å². The Labute approximate surface area is 105 Å². The third-order valence-electron chi connectivity index (χ3n) is 2.31. The fourth-order valence-electron chi connectivity index (χ4n) is 1.52. The Morgan fingerprint density at radius 2 is 2.43 bits per heavy atom. The number of alkyl halides is 1. The van der Waals surface area contributed by atoms with Crippen molar-refractivity contribution in [2.24, 2.45) is 5.92 Å². The molecule has 0 spiro atoms. The average molecular weight is 316 g/mol. The van der Waals surface area contributed by atoms with Crippen molar-refractivity contribution in [3.05, 3.63) is 19.8 Å². The molecule has 0 amide bonds. The molecule has 0 saturated carbocycles. The van der Waals surface area contributed by atoms with Gasteiger partial charge >= 0.3 is 0 Å². The molecule has 0 N–H and O–H groups in total. The van der Waals surface area contributed by atoms with Crippen LogP contribution in [0, 0.1) is 5.92 Å². The lowest BCUT2D eigenvalue weighted by atomic mass is 10.0. The predicted octanol–water partition coefficient (Wildman–Crippen LogP) is 4.48. The molecule has 2 unspecified atom stereocenters. The van der Waals surface area contributed by atoms with Gasteiger partial charge in [0.05, 0.1) is 20.8 Å². The van der Waals surface area contributed by atoms with Crippen LogP contribution in [-0.2, 0) is 4.74 Å². The van der Waals surface area contributed by atoms with Crippen molar-refractivity contribution in [1.82, 2.24) is 0 Å². The van der Waals surface area contributed by atoms with Gasteiger partial charge in [0, 0.05) is 17.4 Å². The van der Waals surface area contributed by atoms with Gasteiger partial charge in [-0.2, -0.15) is 0 Å². The maximum Gasteiger partial charge on any atom is 0.0887 e. The number of hydrogen-bond acceptors (Lipinski definition) is 2. The van der Waals surface area contributed by atoms with Gasteiger partial charge in [-0.3, -0.25) is 0 Å². The fourth-order valence-corrected chi connectivity index (χ4v) is 3.73. The Balaban J connectivity index is 2.13. The van der Waals surface area contributed by atoms with E-state index in [4.69, 9.17) is 27.9 Å². The molecule has 2 heterocycles. The largest absolute Gasteiger partial charge is 0.381 e. The lowest BCUT2D eigenvalue weighted by Crippen LogP contribution is -2.05. The molecule has 0 aromatic carbocycles. The Kier molecular flexibility index (Phi) is 3.77. The van der Waals surface area contributed by atoms with Crippen LogP contribution in [0.1, 0.15) is 16.7 Å². The van der Waals surface area contributed by atoms with Crippen molar-refractivity contribution >= 4 is 50.5 Å². The highest BCUT2D eigenvalue weighted by Gasteiger charge is 2.27. The lowest BCUT2D eigenvalue weighted by molar-refractivity contribution is 0.185. The maximum absolute atomic E-state index is 6.35. The van der Waals surface area contributed by atoms with E-state index < -0.39 is 0 Å². The van der Waals surface area contributed by atoms with Gasteiger partial charge in [-0.15, -0.1) is 22.9 Å². The van der Waals surface area contributed by atoms with Crippen LogP contribution in [0.5, 0.6) is 0 Å².